The summed E-state index contributed by atoms with van der Waals surface area (Å²) in [5, 5.41) is 28.6. The van der Waals surface area contributed by atoms with Gasteiger partial charge in [-0.15, -0.1) is 0 Å². The Kier molecular flexibility index (Phi) is 4.12. The third-order valence-corrected chi connectivity index (χ3v) is 2.86. The zero-order valence-corrected chi connectivity index (χ0v) is 10.1. The van der Waals surface area contributed by atoms with Gasteiger partial charge in [-0.1, -0.05) is 0 Å². The number of aliphatic hydroxyl groups excluding tert-OH is 3. The molecule has 4 N–H and O–H groups in total. The Bertz CT molecular complexity index is 492. The van der Waals surface area contributed by atoms with Gasteiger partial charge in [0.25, 0.3) is 0 Å². The molecule has 1 aliphatic rings. The second kappa shape index (κ2) is 5.63. The van der Waals surface area contributed by atoms with Crippen LogP contribution >= 0.6 is 0 Å². The van der Waals surface area contributed by atoms with Crippen molar-refractivity contribution in [2.45, 2.75) is 24.5 Å². The van der Waals surface area contributed by atoms with Gasteiger partial charge in [-0.25, -0.2) is 14.3 Å². The molecule has 0 aromatic carbocycles. The fourth-order valence-corrected chi connectivity index (χ4v) is 1.94. The van der Waals surface area contributed by atoms with E-state index in [0.717, 1.165) is 4.57 Å². The van der Waals surface area contributed by atoms with Crippen LogP contribution in [0.3, 0.4) is 0 Å². The minimum absolute atomic E-state index is 0.206. The van der Waals surface area contributed by atoms with E-state index in [2.05, 4.69) is 10.5 Å². The maximum absolute atomic E-state index is 11.8. The molecule has 0 bridgehead atoms. The number of hydrogen-bond donors (Lipinski definition) is 4. The first-order valence-electron chi connectivity index (χ1n) is 5.59. The van der Waals surface area contributed by atoms with E-state index in [1.54, 1.807) is 0 Å². The van der Waals surface area contributed by atoms with Crippen molar-refractivity contribution in [1.29, 1.82) is 0 Å². The first-order chi connectivity index (χ1) is 9.10. The fraction of sp³-hybridized carbons (Fsp3) is 0.600. The standard InChI is InChI=1S/C10H15N3O6/c1-18-12-6-2-3-11-10(17)13(6)9-8(16)7(15)5(4-14)19-9/h2-3,5,7-9,12,14-16H,4H2,1H3/t5-,7-,8-,9?/m1/s1. The first kappa shape index (κ1) is 13.9. The molecular formula is C10H15N3O6. The Hall–Kier alpha value is -1.52. The number of aliphatic hydroxyl groups is 3. The van der Waals surface area contributed by atoms with Crippen molar-refractivity contribution in [1.82, 2.24) is 9.55 Å². The van der Waals surface area contributed by atoms with Gasteiger partial charge in [-0.05, 0) is 6.07 Å². The molecule has 1 fully saturated rings. The lowest BCUT2D eigenvalue weighted by atomic mass is 10.1. The van der Waals surface area contributed by atoms with Crippen LogP contribution in [0, 0.1) is 0 Å². The zero-order chi connectivity index (χ0) is 14.0. The Morgan fingerprint density at radius 1 is 1.53 bits per heavy atom. The average Bonchev–Trinajstić information content (AvgIpc) is 2.67. The van der Waals surface area contributed by atoms with E-state index >= 15 is 0 Å². The van der Waals surface area contributed by atoms with Crippen LogP contribution in [-0.4, -0.2) is 56.9 Å². The van der Waals surface area contributed by atoms with Crippen LogP contribution in [-0.2, 0) is 9.57 Å². The second-order valence-corrected chi connectivity index (χ2v) is 4.02. The summed E-state index contributed by atoms with van der Waals surface area (Å²) in [6, 6.07) is 1.44. The number of rotatable bonds is 4. The van der Waals surface area contributed by atoms with E-state index in [0.29, 0.717) is 0 Å². The molecule has 1 aromatic rings. The average molecular weight is 273 g/mol. The summed E-state index contributed by atoms with van der Waals surface area (Å²) in [5.41, 5.74) is 1.77. The highest BCUT2D eigenvalue weighted by Gasteiger charge is 2.44. The lowest BCUT2D eigenvalue weighted by Gasteiger charge is -2.20. The number of nitrogens with zero attached hydrogens (tertiary/aromatic N) is 2. The summed E-state index contributed by atoms with van der Waals surface area (Å²) >= 11 is 0. The Morgan fingerprint density at radius 3 is 2.84 bits per heavy atom. The molecule has 1 unspecified atom stereocenters. The Morgan fingerprint density at radius 2 is 2.26 bits per heavy atom. The SMILES string of the molecule is CONc1ccnc(=O)n1C1O[C@H](CO)[C@@H](O)[C@H]1O. The number of hydrogen-bond acceptors (Lipinski definition) is 8. The summed E-state index contributed by atoms with van der Waals surface area (Å²) in [5.74, 6) is 0.206. The van der Waals surface area contributed by atoms with Crippen molar-refractivity contribution in [2.24, 2.45) is 0 Å². The van der Waals surface area contributed by atoms with E-state index < -0.39 is 36.8 Å². The van der Waals surface area contributed by atoms with Crippen LogP contribution in [0.2, 0.25) is 0 Å². The molecule has 0 amide bonds. The highest BCUT2D eigenvalue weighted by Crippen LogP contribution is 2.29. The maximum Gasteiger partial charge on any atom is 0.351 e. The number of anilines is 1. The van der Waals surface area contributed by atoms with Gasteiger partial charge in [-0.2, -0.15) is 0 Å². The Balaban J connectivity index is 2.39. The van der Waals surface area contributed by atoms with Crippen LogP contribution < -0.4 is 11.2 Å². The smallest absolute Gasteiger partial charge is 0.351 e. The van der Waals surface area contributed by atoms with Crippen molar-refractivity contribution in [2.75, 3.05) is 19.2 Å². The minimum Gasteiger partial charge on any atom is -0.394 e. The summed E-state index contributed by atoms with van der Waals surface area (Å²) in [6.07, 6.45) is -3.52. The molecule has 9 nitrogen and oxygen atoms in total. The Labute approximate surface area is 108 Å². The molecule has 4 atom stereocenters. The molecule has 0 aliphatic carbocycles. The zero-order valence-electron chi connectivity index (χ0n) is 10.1. The van der Waals surface area contributed by atoms with Gasteiger partial charge in [0.1, 0.15) is 24.1 Å². The molecule has 0 saturated carbocycles. The first-order valence-corrected chi connectivity index (χ1v) is 5.59. The topological polar surface area (TPSA) is 126 Å². The predicted molar refractivity (Wildman–Crippen MR) is 62.1 cm³/mol. The highest BCUT2D eigenvalue weighted by atomic mass is 16.6. The van der Waals surface area contributed by atoms with E-state index in [4.69, 9.17) is 14.7 Å². The number of nitrogens with one attached hydrogen (secondary N) is 1. The molecule has 0 spiro atoms. The van der Waals surface area contributed by atoms with E-state index in [-0.39, 0.29) is 5.82 Å². The second-order valence-electron chi connectivity index (χ2n) is 4.02. The fourth-order valence-electron chi connectivity index (χ4n) is 1.94. The molecule has 2 heterocycles. The largest absolute Gasteiger partial charge is 0.394 e. The summed E-state index contributed by atoms with van der Waals surface area (Å²) in [4.78, 5) is 20.0. The van der Waals surface area contributed by atoms with Crippen molar-refractivity contribution in [3.05, 3.63) is 22.7 Å². The van der Waals surface area contributed by atoms with Gasteiger partial charge < -0.3 is 20.1 Å². The molecular weight excluding hydrogens is 258 g/mol. The van der Waals surface area contributed by atoms with Gasteiger partial charge >= 0.3 is 5.69 Å². The van der Waals surface area contributed by atoms with Crippen molar-refractivity contribution < 1.29 is 24.9 Å². The summed E-state index contributed by atoms with van der Waals surface area (Å²) < 4.78 is 6.27. The predicted octanol–water partition coefficient (Wildman–Crippen LogP) is -2.17. The molecule has 1 aromatic heterocycles. The van der Waals surface area contributed by atoms with Crippen LogP contribution in [0.5, 0.6) is 0 Å². The van der Waals surface area contributed by atoms with E-state index in [9.17, 15) is 15.0 Å². The molecule has 2 rings (SSSR count). The number of ether oxygens (including phenoxy) is 1. The molecule has 19 heavy (non-hydrogen) atoms. The molecule has 9 heteroatoms. The van der Waals surface area contributed by atoms with Gasteiger partial charge in [0, 0.05) is 6.20 Å². The van der Waals surface area contributed by atoms with Gasteiger partial charge in [0.2, 0.25) is 0 Å². The highest BCUT2D eigenvalue weighted by molar-refractivity contribution is 5.31. The molecule has 1 aliphatic heterocycles. The van der Waals surface area contributed by atoms with Gasteiger partial charge in [-0.3, -0.25) is 10.3 Å². The summed E-state index contributed by atoms with van der Waals surface area (Å²) in [7, 11) is 1.35. The van der Waals surface area contributed by atoms with Crippen LogP contribution in [0.25, 0.3) is 0 Å². The summed E-state index contributed by atoms with van der Waals surface area (Å²) in [6.45, 7) is -0.475. The third kappa shape index (κ3) is 2.46. The third-order valence-electron chi connectivity index (χ3n) is 2.86. The maximum atomic E-state index is 11.8. The monoisotopic (exact) mass is 273 g/mol. The minimum atomic E-state index is -1.36. The number of aromatic nitrogens is 2. The van der Waals surface area contributed by atoms with Crippen molar-refractivity contribution in [3.8, 4) is 0 Å². The van der Waals surface area contributed by atoms with E-state index in [1.165, 1.54) is 19.4 Å². The normalized spacial score (nSPS) is 30.5. The van der Waals surface area contributed by atoms with Crippen molar-refractivity contribution >= 4 is 5.82 Å². The quantitative estimate of drug-likeness (QED) is 0.456. The van der Waals surface area contributed by atoms with Gasteiger partial charge in [0.15, 0.2) is 6.23 Å². The van der Waals surface area contributed by atoms with E-state index in [1.807, 2.05) is 0 Å². The van der Waals surface area contributed by atoms with Crippen LogP contribution in [0.4, 0.5) is 5.82 Å². The van der Waals surface area contributed by atoms with Crippen LogP contribution in [0.1, 0.15) is 6.23 Å². The lowest BCUT2D eigenvalue weighted by molar-refractivity contribution is -0.0544. The van der Waals surface area contributed by atoms with Crippen LogP contribution in [0.15, 0.2) is 17.1 Å². The van der Waals surface area contributed by atoms with Gasteiger partial charge in [0.05, 0.1) is 13.7 Å². The molecule has 1 saturated heterocycles. The van der Waals surface area contributed by atoms with Crippen molar-refractivity contribution in [3.63, 3.8) is 0 Å². The molecule has 106 valence electrons. The lowest BCUT2D eigenvalue weighted by Crippen LogP contribution is -2.36. The molecule has 0 radical (unpaired) electrons.